The summed E-state index contributed by atoms with van der Waals surface area (Å²) in [5.74, 6) is -3.96. The van der Waals surface area contributed by atoms with Gasteiger partial charge in [0.05, 0.1) is 12.6 Å². The van der Waals surface area contributed by atoms with E-state index >= 15 is 0 Å². The number of rotatable bonds is 12. The third kappa shape index (κ3) is 9.72. The van der Waals surface area contributed by atoms with Gasteiger partial charge in [-0.05, 0) is 59.1 Å². The maximum atomic E-state index is 13.8. The van der Waals surface area contributed by atoms with Crippen LogP contribution in [0.4, 0.5) is 9.59 Å². The van der Waals surface area contributed by atoms with Gasteiger partial charge >= 0.3 is 18.2 Å². The first-order valence-corrected chi connectivity index (χ1v) is 12.1. The molecule has 0 fully saturated rings. The van der Waals surface area contributed by atoms with Crippen molar-refractivity contribution in [3.05, 3.63) is 35.9 Å². The van der Waals surface area contributed by atoms with Crippen LogP contribution in [0.5, 0.6) is 0 Å². The number of carboxylic acids is 1. The molecule has 1 aromatic carbocycles. The molecular formula is C25H38N4O9. The molecule has 3 atom stereocenters. The molecule has 0 aromatic heterocycles. The lowest BCUT2D eigenvalue weighted by molar-refractivity contribution is -0.155. The van der Waals surface area contributed by atoms with Crippen molar-refractivity contribution in [2.75, 3.05) is 13.2 Å². The van der Waals surface area contributed by atoms with Crippen LogP contribution in [0.3, 0.4) is 0 Å². The largest absolute Gasteiger partial charge is 0.480 e. The van der Waals surface area contributed by atoms with Crippen molar-refractivity contribution in [2.45, 2.75) is 77.3 Å². The molecule has 6 N–H and O–H groups in total. The van der Waals surface area contributed by atoms with E-state index in [4.69, 9.17) is 20.9 Å². The predicted octanol–water partition coefficient (Wildman–Crippen LogP) is 1.21. The number of amides is 4. The molecule has 0 aliphatic carbocycles. The zero-order valence-corrected chi connectivity index (χ0v) is 22.2. The van der Waals surface area contributed by atoms with E-state index in [1.165, 1.54) is 27.7 Å². The molecule has 13 heteroatoms. The summed E-state index contributed by atoms with van der Waals surface area (Å²) in [5.41, 5.74) is 10.8. The minimum atomic E-state index is -2.05. The summed E-state index contributed by atoms with van der Waals surface area (Å²) >= 11 is 0. The average molecular weight is 539 g/mol. The van der Waals surface area contributed by atoms with Crippen LogP contribution in [0.1, 0.15) is 52.5 Å². The van der Waals surface area contributed by atoms with E-state index < -0.39 is 60.3 Å². The molecular weight excluding hydrogens is 500 g/mol. The Bertz CT molecular complexity index is 963. The summed E-state index contributed by atoms with van der Waals surface area (Å²) in [4.78, 5) is 65.6. The zero-order chi connectivity index (χ0) is 29.0. The van der Waals surface area contributed by atoms with Crippen molar-refractivity contribution >= 4 is 30.0 Å². The van der Waals surface area contributed by atoms with Crippen molar-refractivity contribution in [3.63, 3.8) is 0 Å². The van der Waals surface area contributed by atoms with E-state index in [0.29, 0.717) is 16.9 Å². The van der Waals surface area contributed by atoms with Crippen LogP contribution in [0.25, 0.3) is 0 Å². The minimum Gasteiger partial charge on any atom is -0.480 e. The number of benzene rings is 1. The quantitative estimate of drug-likeness (QED) is 0.278. The molecule has 38 heavy (non-hydrogen) atoms. The number of aliphatic hydroxyl groups is 1. The molecule has 0 heterocycles. The molecule has 0 saturated heterocycles. The van der Waals surface area contributed by atoms with Gasteiger partial charge in [-0.25, -0.2) is 24.2 Å². The molecule has 4 amide bonds. The smallest absolute Gasteiger partial charge is 0.418 e. The number of carbonyl (C=O) groups is 5. The molecule has 0 spiro atoms. The fourth-order valence-electron chi connectivity index (χ4n) is 3.34. The lowest BCUT2D eigenvalue weighted by Crippen LogP contribution is -2.61. The van der Waals surface area contributed by atoms with E-state index in [-0.39, 0.29) is 30.9 Å². The van der Waals surface area contributed by atoms with Crippen molar-refractivity contribution in [1.82, 2.24) is 9.80 Å². The van der Waals surface area contributed by atoms with Gasteiger partial charge in [-0.15, -0.1) is 0 Å². The van der Waals surface area contributed by atoms with Crippen LogP contribution in [0, 0.1) is 0 Å². The number of imide groups is 2. The third-order valence-corrected chi connectivity index (χ3v) is 5.15. The van der Waals surface area contributed by atoms with Crippen LogP contribution in [0.2, 0.25) is 0 Å². The minimum absolute atomic E-state index is 0.188. The number of hydrogen-bond acceptors (Lipinski definition) is 10. The number of hydrogen-bond donors (Lipinski definition) is 4. The predicted molar refractivity (Wildman–Crippen MR) is 135 cm³/mol. The van der Waals surface area contributed by atoms with Gasteiger partial charge in [0.1, 0.15) is 18.2 Å². The molecule has 1 rings (SSSR count). The van der Waals surface area contributed by atoms with Crippen LogP contribution in [0.15, 0.2) is 30.3 Å². The number of unbranched alkanes of at least 4 members (excludes halogenated alkanes) is 1. The van der Waals surface area contributed by atoms with Crippen molar-refractivity contribution in [2.24, 2.45) is 11.5 Å². The number of nitrogens with two attached hydrogens (primary N) is 2. The van der Waals surface area contributed by atoms with Gasteiger partial charge in [0, 0.05) is 0 Å². The van der Waals surface area contributed by atoms with E-state index in [0.717, 1.165) is 0 Å². The number of carbonyl (C=O) groups excluding carboxylic acids is 4. The maximum Gasteiger partial charge on any atom is 0.418 e. The first-order valence-electron chi connectivity index (χ1n) is 12.1. The second kappa shape index (κ2) is 15.0. The van der Waals surface area contributed by atoms with E-state index in [1.54, 1.807) is 30.3 Å². The Morgan fingerprint density at radius 3 is 2.00 bits per heavy atom. The fourth-order valence-corrected chi connectivity index (χ4v) is 3.34. The number of nitrogens with zero attached hydrogens (tertiary/aromatic N) is 2. The number of carboxylic acid groups (broad SMARTS) is 1. The lowest BCUT2D eigenvalue weighted by atomic mass is 10.0. The fraction of sp³-hybridized carbons (Fsp3) is 0.560. The van der Waals surface area contributed by atoms with E-state index in [1.807, 2.05) is 0 Å². The Morgan fingerprint density at radius 1 is 0.947 bits per heavy atom. The normalized spacial score (nSPS) is 13.6. The van der Waals surface area contributed by atoms with Gasteiger partial charge in [0.25, 0.3) is 5.91 Å². The summed E-state index contributed by atoms with van der Waals surface area (Å²) in [6.07, 6.45) is -2.18. The standard InChI is InChI=1S/C25H38N4O9/c1-16(27)20(31)28(23(35)37-15-17-10-6-5-7-11-17)18(12-8-9-13-26)21(32)29(19(14-30)22(33)34)24(36)38-25(2,3)4/h5-7,10-11,16,18-19,30H,8-9,12-15,26-27H2,1-4H3,(H,33,34)/t16-,18-,19-/m0/s1. The SMILES string of the molecule is C[C@H](N)C(=O)N(C(=O)OCc1ccccc1)[C@@H](CCCCN)C(=O)N(C(=O)OC(C)(C)C)[C@@H](CO)C(=O)O. The highest BCUT2D eigenvalue weighted by Gasteiger charge is 2.45. The topological polar surface area (TPSA) is 203 Å². The summed E-state index contributed by atoms with van der Waals surface area (Å²) in [6.45, 7) is 4.62. The van der Waals surface area contributed by atoms with Crippen LogP contribution < -0.4 is 11.5 Å². The first-order chi connectivity index (χ1) is 17.7. The van der Waals surface area contributed by atoms with Crippen molar-refractivity contribution < 1.29 is 43.7 Å². The second-order valence-electron chi connectivity index (χ2n) is 9.56. The Morgan fingerprint density at radius 2 is 1.53 bits per heavy atom. The molecule has 0 aliphatic heterocycles. The van der Waals surface area contributed by atoms with Crippen LogP contribution in [-0.2, 0) is 30.5 Å². The van der Waals surface area contributed by atoms with E-state index in [9.17, 15) is 34.2 Å². The van der Waals surface area contributed by atoms with Crippen LogP contribution in [-0.4, -0.2) is 86.9 Å². The van der Waals surface area contributed by atoms with Crippen molar-refractivity contribution in [3.8, 4) is 0 Å². The first kappa shape index (κ1) is 32.5. The van der Waals surface area contributed by atoms with Gasteiger partial charge in [0.15, 0.2) is 6.04 Å². The summed E-state index contributed by atoms with van der Waals surface area (Å²) in [5, 5.41) is 19.3. The summed E-state index contributed by atoms with van der Waals surface area (Å²) in [6, 6.07) is 3.53. The monoisotopic (exact) mass is 538 g/mol. The number of aliphatic carboxylic acids is 1. The Kier molecular flexibility index (Phi) is 12.8. The Labute approximate surface area is 221 Å². The summed E-state index contributed by atoms with van der Waals surface area (Å²) < 4.78 is 10.5. The molecule has 0 saturated carbocycles. The van der Waals surface area contributed by atoms with Gasteiger partial charge in [-0.1, -0.05) is 30.3 Å². The highest BCUT2D eigenvalue weighted by Crippen LogP contribution is 2.20. The molecule has 0 radical (unpaired) electrons. The third-order valence-electron chi connectivity index (χ3n) is 5.15. The summed E-state index contributed by atoms with van der Waals surface area (Å²) in [7, 11) is 0. The zero-order valence-electron chi connectivity index (χ0n) is 22.2. The molecule has 13 nitrogen and oxygen atoms in total. The molecule has 212 valence electrons. The van der Waals surface area contributed by atoms with Gasteiger partial charge in [0.2, 0.25) is 5.91 Å². The number of ether oxygens (including phenoxy) is 2. The van der Waals surface area contributed by atoms with Gasteiger partial charge in [-0.2, -0.15) is 0 Å². The van der Waals surface area contributed by atoms with Crippen LogP contribution >= 0.6 is 0 Å². The second-order valence-corrected chi connectivity index (χ2v) is 9.56. The van der Waals surface area contributed by atoms with Gasteiger partial charge < -0.3 is 31.2 Å². The Hall–Kier alpha value is -3.55. The number of aliphatic hydroxyl groups excluding tert-OH is 1. The lowest BCUT2D eigenvalue weighted by Gasteiger charge is -2.35. The van der Waals surface area contributed by atoms with Gasteiger partial charge in [-0.3, -0.25) is 9.59 Å². The highest BCUT2D eigenvalue weighted by atomic mass is 16.6. The van der Waals surface area contributed by atoms with Crippen molar-refractivity contribution in [1.29, 1.82) is 0 Å². The molecule has 0 bridgehead atoms. The molecule has 0 aliphatic rings. The average Bonchev–Trinajstić information content (AvgIpc) is 2.83. The van der Waals surface area contributed by atoms with E-state index in [2.05, 4.69) is 0 Å². The highest BCUT2D eigenvalue weighted by molar-refractivity contribution is 6.04. The Balaban J connectivity index is 3.55. The molecule has 1 aromatic rings. The molecule has 0 unspecified atom stereocenters. The maximum absolute atomic E-state index is 13.8.